The number of aromatic nitrogens is 2. The highest BCUT2D eigenvalue weighted by molar-refractivity contribution is 9.10. The molecule has 1 unspecified atom stereocenters. The van der Waals surface area contributed by atoms with E-state index in [-0.39, 0.29) is 6.04 Å². The minimum atomic E-state index is -0.00780. The lowest BCUT2D eigenvalue weighted by Crippen LogP contribution is -2.29. The summed E-state index contributed by atoms with van der Waals surface area (Å²) in [7, 11) is 0. The Kier molecular flexibility index (Phi) is 4.24. The number of hydrogen-bond acceptors (Lipinski definition) is 4. The smallest absolute Gasteiger partial charge is 0.0935 e. The Labute approximate surface area is 131 Å². The molecule has 0 spiro atoms. The van der Waals surface area contributed by atoms with Gasteiger partial charge in [-0.15, -0.1) is 0 Å². The summed E-state index contributed by atoms with van der Waals surface area (Å²) in [6, 6.07) is 14.2. The van der Waals surface area contributed by atoms with Gasteiger partial charge in [0.15, 0.2) is 0 Å². The third-order valence-electron chi connectivity index (χ3n) is 3.46. The van der Waals surface area contributed by atoms with Crippen LogP contribution in [0.1, 0.15) is 17.2 Å². The summed E-state index contributed by atoms with van der Waals surface area (Å²) in [5, 5.41) is 0. The summed E-state index contributed by atoms with van der Waals surface area (Å²) in [6.45, 7) is 0. The van der Waals surface area contributed by atoms with Crippen molar-refractivity contribution in [2.45, 2.75) is 12.5 Å². The van der Waals surface area contributed by atoms with Gasteiger partial charge in [0.25, 0.3) is 0 Å². The van der Waals surface area contributed by atoms with E-state index in [4.69, 9.17) is 5.84 Å². The normalized spacial score (nSPS) is 12.5. The van der Waals surface area contributed by atoms with Crippen molar-refractivity contribution < 1.29 is 0 Å². The fraction of sp³-hybridized carbons (Fsp3) is 0.125. The van der Waals surface area contributed by atoms with Crippen LogP contribution in [-0.4, -0.2) is 9.97 Å². The van der Waals surface area contributed by atoms with E-state index in [1.165, 1.54) is 5.56 Å². The maximum atomic E-state index is 5.77. The van der Waals surface area contributed by atoms with Crippen LogP contribution < -0.4 is 11.3 Å². The second-order valence-corrected chi connectivity index (χ2v) is 5.74. The van der Waals surface area contributed by atoms with E-state index in [0.29, 0.717) is 0 Å². The van der Waals surface area contributed by atoms with E-state index >= 15 is 0 Å². The van der Waals surface area contributed by atoms with Crippen molar-refractivity contribution in [3.8, 4) is 0 Å². The maximum absolute atomic E-state index is 5.77. The fourth-order valence-corrected chi connectivity index (χ4v) is 2.68. The molecule has 0 aliphatic rings. The molecule has 0 bridgehead atoms. The highest BCUT2D eigenvalue weighted by Crippen LogP contribution is 2.24. The number of rotatable bonds is 4. The van der Waals surface area contributed by atoms with Gasteiger partial charge in [-0.05, 0) is 35.7 Å². The average molecular weight is 343 g/mol. The van der Waals surface area contributed by atoms with Crippen molar-refractivity contribution in [2.24, 2.45) is 5.84 Å². The van der Waals surface area contributed by atoms with E-state index in [2.05, 4.69) is 43.5 Å². The molecule has 106 valence electrons. The van der Waals surface area contributed by atoms with Gasteiger partial charge in [0.05, 0.1) is 17.1 Å². The molecule has 0 saturated heterocycles. The largest absolute Gasteiger partial charge is 0.271 e. The van der Waals surface area contributed by atoms with E-state index in [1.807, 2.05) is 30.3 Å². The van der Waals surface area contributed by atoms with Crippen LogP contribution in [0.25, 0.3) is 11.0 Å². The van der Waals surface area contributed by atoms with Gasteiger partial charge in [0.2, 0.25) is 0 Å². The molecule has 0 radical (unpaired) electrons. The van der Waals surface area contributed by atoms with Crippen LogP contribution in [0.5, 0.6) is 0 Å². The highest BCUT2D eigenvalue weighted by atomic mass is 79.9. The maximum Gasteiger partial charge on any atom is 0.0935 e. The minimum absolute atomic E-state index is 0.00780. The third kappa shape index (κ3) is 3.10. The average Bonchev–Trinajstić information content (AvgIpc) is 2.54. The molecule has 3 rings (SSSR count). The SMILES string of the molecule is NNC(Cc1ccc(Br)cc1)c1cccc2nccnc12. The molecule has 0 aliphatic carbocycles. The summed E-state index contributed by atoms with van der Waals surface area (Å²) >= 11 is 3.45. The Bertz CT molecular complexity index is 737. The first-order valence-electron chi connectivity index (χ1n) is 6.68. The molecule has 3 N–H and O–H groups in total. The molecule has 0 fully saturated rings. The number of hydrogen-bond donors (Lipinski definition) is 2. The molecular formula is C16H15BrN4. The van der Waals surface area contributed by atoms with Crippen LogP contribution in [0.2, 0.25) is 0 Å². The molecule has 5 heteroatoms. The monoisotopic (exact) mass is 342 g/mol. The molecular weight excluding hydrogens is 328 g/mol. The van der Waals surface area contributed by atoms with Crippen molar-refractivity contribution in [1.29, 1.82) is 0 Å². The zero-order valence-corrected chi connectivity index (χ0v) is 12.9. The zero-order valence-electron chi connectivity index (χ0n) is 11.3. The van der Waals surface area contributed by atoms with Crippen molar-refractivity contribution in [2.75, 3.05) is 0 Å². The first kappa shape index (κ1) is 14.1. The molecule has 2 aromatic carbocycles. The van der Waals surface area contributed by atoms with Gasteiger partial charge in [0.1, 0.15) is 0 Å². The number of halogens is 1. The van der Waals surface area contributed by atoms with Crippen LogP contribution in [0, 0.1) is 0 Å². The van der Waals surface area contributed by atoms with Crippen molar-refractivity contribution in [3.05, 3.63) is 70.5 Å². The van der Waals surface area contributed by atoms with Gasteiger partial charge < -0.3 is 0 Å². The van der Waals surface area contributed by atoms with Crippen molar-refractivity contribution in [3.63, 3.8) is 0 Å². The van der Waals surface area contributed by atoms with Gasteiger partial charge in [-0.25, -0.2) is 0 Å². The zero-order chi connectivity index (χ0) is 14.7. The first-order valence-corrected chi connectivity index (χ1v) is 7.47. The quantitative estimate of drug-likeness (QED) is 0.564. The molecule has 1 heterocycles. The number of hydrazine groups is 1. The van der Waals surface area contributed by atoms with E-state index < -0.39 is 0 Å². The van der Waals surface area contributed by atoms with E-state index in [9.17, 15) is 0 Å². The lowest BCUT2D eigenvalue weighted by molar-refractivity contribution is 0.554. The van der Waals surface area contributed by atoms with Crippen molar-refractivity contribution >= 4 is 27.0 Å². The molecule has 4 nitrogen and oxygen atoms in total. The predicted molar refractivity (Wildman–Crippen MR) is 87.4 cm³/mol. The van der Waals surface area contributed by atoms with E-state index in [1.54, 1.807) is 12.4 Å². The summed E-state index contributed by atoms with van der Waals surface area (Å²) in [5.41, 5.74) is 6.93. The standard InChI is InChI=1S/C16H15BrN4/c17-12-6-4-11(5-7-12)10-15(21-18)13-2-1-3-14-16(13)20-9-8-19-14/h1-9,15,21H,10,18H2. The van der Waals surface area contributed by atoms with Crippen LogP contribution in [-0.2, 0) is 6.42 Å². The lowest BCUT2D eigenvalue weighted by Gasteiger charge is -2.17. The Morgan fingerprint density at radius 2 is 1.81 bits per heavy atom. The fourth-order valence-electron chi connectivity index (χ4n) is 2.41. The number of para-hydroxylation sites is 1. The van der Waals surface area contributed by atoms with Gasteiger partial charge >= 0.3 is 0 Å². The van der Waals surface area contributed by atoms with Crippen LogP contribution in [0.15, 0.2) is 59.3 Å². The number of nitrogens with zero attached hydrogens (tertiary/aromatic N) is 2. The van der Waals surface area contributed by atoms with Crippen LogP contribution in [0.3, 0.4) is 0 Å². The summed E-state index contributed by atoms with van der Waals surface area (Å²) in [4.78, 5) is 8.78. The Hall–Kier alpha value is -1.82. The number of nitrogens with two attached hydrogens (primary N) is 1. The van der Waals surface area contributed by atoms with Crippen molar-refractivity contribution in [1.82, 2.24) is 15.4 Å². The molecule has 0 aliphatic heterocycles. The number of nitrogens with one attached hydrogen (secondary N) is 1. The van der Waals surface area contributed by atoms with Crippen LogP contribution in [0.4, 0.5) is 0 Å². The van der Waals surface area contributed by atoms with Gasteiger partial charge in [-0.2, -0.15) is 0 Å². The summed E-state index contributed by atoms with van der Waals surface area (Å²) in [5.74, 6) is 5.77. The molecule has 1 aromatic heterocycles. The van der Waals surface area contributed by atoms with Gasteiger partial charge in [-0.3, -0.25) is 21.2 Å². The number of fused-ring (bicyclic) bond motifs is 1. The highest BCUT2D eigenvalue weighted by Gasteiger charge is 2.14. The first-order chi connectivity index (χ1) is 10.3. The van der Waals surface area contributed by atoms with Crippen LogP contribution >= 0.6 is 15.9 Å². The second kappa shape index (κ2) is 6.30. The molecule has 1 atom stereocenters. The summed E-state index contributed by atoms with van der Waals surface area (Å²) < 4.78 is 1.07. The Morgan fingerprint density at radius 1 is 1.05 bits per heavy atom. The molecule has 0 amide bonds. The van der Waals surface area contributed by atoms with E-state index in [0.717, 1.165) is 27.5 Å². The minimum Gasteiger partial charge on any atom is -0.271 e. The van der Waals surface area contributed by atoms with Gasteiger partial charge in [-0.1, -0.05) is 40.2 Å². The molecule has 3 aromatic rings. The molecule has 0 saturated carbocycles. The Morgan fingerprint density at radius 3 is 2.57 bits per heavy atom. The third-order valence-corrected chi connectivity index (χ3v) is 3.99. The topological polar surface area (TPSA) is 63.8 Å². The summed E-state index contributed by atoms with van der Waals surface area (Å²) in [6.07, 6.45) is 4.20. The Balaban J connectivity index is 1.96. The lowest BCUT2D eigenvalue weighted by atomic mass is 9.98. The second-order valence-electron chi connectivity index (χ2n) is 4.82. The molecule has 21 heavy (non-hydrogen) atoms. The van der Waals surface area contributed by atoms with Gasteiger partial charge in [0, 0.05) is 16.9 Å². The number of benzene rings is 2. The predicted octanol–water partition coefficient (Wildman–Crippen LogP) is 3.14.